The molecule has 0 spiro atoms. The minimum Gasteiger partial charge on any atom is -0.481 e. The highest BCUT2D eigenvalue weighted by molar-refractivity contribution is 5.79. The van der Waals surface area contributed by atoms with Gasteiger partial charge in [0.05, 0.1) is 12.0 Å². The van der Waals surface area contributed by atoms with Gasteiger partial charge in [0.25, 0.3) is 0 Å². The van der Waals surface area contributed by atoms with E-state index in [0.29, 0.717) is 6.42 Å². The average Bonchev–Trinajstić information content (AvgIpc) is 3.10. The molecule has 5 heteroatoms. The second kappa shape index (κ2) is 7.46. The van der Waals surface area contributed by atoms with E-state index in [4.69, 9.17) is 4.74 Å². The number of aliphatic carboxylic acids is 1. The first-order valence-electron chi connectivity index (χ1n) is 10.6. The van der Waals surface area contributed by atoms with Crippen LogP contribution in [0.1, 0.15) is 57.1 Å². The van der Waals surface area contributed by atoms with Gasteiger partial charge in [0.15, 0.2) is 0 Å². The summed E-state index contributed by atoms with van der Waals surface area (Å²) in [4.78, 5) is 24.3. The lowest BCUT2D eigenvalue weighted by molar-refractivity contribution is -0.139. The Hall–Kier alpha value is -2.82. The lowest BCUT2D eigenvalue weighted by Crippen LogP contribution is -2.52. The maximum Gasteiger partial charge on any atom is 0.407 e. The largest absolute Gasteiger partial charge is 0.481 e. The smallest absolute Gasteiger partial charge is 0.407 e. The van der Waals surface area contributed by atoms with E-state index in [2.05, 4.69) is 43.4 Å². The standard InChI is InChI=1S/C25H29NO4/c1-16-12-24(2,3)15-25(16,13-22(27)28)26-23(29)30-14-21-19-10-6-4-8-17(19)18-9-5-7-11-20(18)21/h4-11,16,21H,12-15H2,1-3H3,(H,26,29)(H,27,28). The van der Waals surface area contributed by atoms with Gasteiger partial charge in [0.1, 0.15) is 6.61 Å². The fourth-order valence-corrected chi connectivity index (χ4v) is 5.68. The number of alkyl carbamates (subject to hydrolysis) is 1. The van der Waals surface area contributed by atoms with Crippen molar-refractivity contribution in [1.29, 1.82) is 0 Å². The van der Waals surface area contributed by atoms with Crippen LogP contribution < -0.4 is 5.32 Å². The summed E-state index contributed by atoms with van der Waals surface area (Å²) in [5.74, 6) is -0.862. The molecule has 2 atom stereocenters. The number of amides is 1. The Bertz CT molecular complexity index is 937. The van der Waals surface area contributed by atoms with E-state index in [1.807, 2.05) is 31.2 Å². The second-order valence-electron chi connectivity index (χ2n) is 9.62. The van der Waals surface area contributed by atoms with E-state index >= 15 is 0 Å². The number of benzene rings is 2. The normalized spacial score (nSPS) is 24.2. The number of carboxylic acid groups (broad SMARTS) is 1. The van der Waals surface area contributed by atoms with E-state index in [0.717, 1.165) is 17.5 Å². The van der Waals surface area contributed by atoms with Crippen molar-refractivity contribution in [2.24, 2.45) is 11.3 Å². The molecule has 0 heterocycles. The molecule has 2 aromatic rings. The monoisotopic (exact) mass is 407 g/mol. The molecule has 0 aromatic heterocycles. The molecule has 0 aliphatic heterocycles. The van der Waals surface area contributed by atoms with Crippen LogP contribution in [0.25, 0.3) is 11.1 Å². The molecule has 2 unspecified atom stereocenters. The van der Waals surface area contributed by atoms with Crippen LogP contribution in [0.4, 0.5) is 4.79 Å². The third-order valence-corrected chi connectivity index (χ3v) is 6.76. The zero-order valence-corrected chi connectivity index (χ0v) is 17.8. The summed E-state index contributed by atoms with van der Waals surface area (Å²) in [5, 5.41) is 12.4. The number of hydrogen-bond acceptors (Lipinski definition) is 3. The van der Waals surface area contributed by atoms with Crippen molar-refractivity contribution in [3.05, 3.63) is 59.7 Å². The SMILES string of the molecule is CC1CC(C)(C)CC1(CC(=O)O)NC(=O)OCC1c2ccccc2-c2ccccc21. The minimum atomic E-state index is -0.904. The predicted octanol–water partition coefficient (Wildman–Crippen LogP) is 5.19. The Balaban J connectivity index is 1.50. The summed E-state index contributed by atoms with van der Waals surface area (Å²) in [6.07, 6.45) is 0.853. The van der Waals surface area contributed by atoms with Gasteiger partial charge in [-0.1, -0.05) is 69.3 Å². The maximum atomic E-state index is 12.8. The number of nitrogens with one attached hydrogen (secondary N) is 1. The minimum absolute atomic E-state index is 0.0176. The molecule has 2 aliphatic rings. The quantitative estimate of drug-likeness (QED) is 0.715. The van der Waals surface area contributed by atoms with E-state index < -0.39 is 17.6 Å². The highest BCUT2D eigenvalue weighted by atomic mass is 16.5. The van der Waals surface area contributed by atoms with Gasteiger partial charge in [-0.2, -0.15) is 0 Å². The highest BCUT2D eigenvalue weighted by Gasteiger charge is 2.51. The fourth-order valence-electron chi connectivity index (χ4n) is 5.68. The van der Waals surface area contributed by atoms with Crippen LogP contribution in [-0.4, -0.2) is 29.3 Å². The summed E-state index contributed by atoms with van der Waals surface area (Å²) in [6, 6.07) is 16.4. The molecule has 0 radical (unpaired) electrons. The molecule has 5 nitrogen and oxygen atoms in total. The lowest BCUT2D eigenvalue weighted by Gasteiger charge is -2.34. The van der Waals surface area contributed by atoms with Crippen molar-refractivity contribution in [1.82, 2.24) is 5.32 Å². The summed E-state index contributed by atoms with van der Waals surface area (Å²) < 4.78 is 5.68. The van der Waals surface area contributed by atoms with Gasteiger partial charge in [-0.25, -0.2) is 4.79 Å². The van der Waals surface area contributed by atoms with Gasteiger partial charge in [-0.3, -0.25) is 4.79 Å². The molecular formula is C25H29NO4. The Morgan fingerprint density at radius 1 is 1.07 bits per heavy atom. The van der Waals surface area contributed by atoms with Crippen LogP contribution in [0.5, 0.6) is 0 Å². The van der Waals surface area contributed by atoms with Crippen molar-refractivity contribution >= 4 is 12.1 Å². The first-order valence-corrected chi connectivity index (χ1v) is 10.6. The van der Waals surface area contributed by atoms with E-state index in [1.54, 1.807) is 0 Å². The van der Waals surface area contributed by atoms with Gasteiger partial charge < -0.3 is 15.2 Å². The van der Waals surface area contributed by atoms with Crippen molar-refractivity contribution in [2.75, 3.05) is 6.61 Å². The van der Waals surface area contributed by atoms with Gasteiger partial charge >= 0.3 is 12.1 Å². The number of hydrogen-bond donors (Lipinski definition) is 2. The molecule has 1 saturated carbocycles. The first-order chi connectivity index (χ1) is 14.2. The summed E-state index contributed by atoms with van der Waals surface area (Å²) >= 11 is 0. The fraction of sp³-hybridized carbons (Fsp3) is 0.440. The van der Waals surface area contributed by atoms with E-state index in [9.17, 15) is 14.7 Å². The molecule has 1 fully saturated rings. The van der Waals surface area contributed by atoms with Gasteiger partial charge in [0, 0.05) is 5.92 Å². The maximum absolute atomic E-state index is 12.8. The van der Waals surface area contributed by atoms with Crippen LogP contribution in [0.3, 0.4) is 0 Å². The number of carboxylic acids is 1. The molecule has 4 rings (SSSR count). The Labute approximate surface area is 177 Å². The molecule has 0 bridgehead atoms. The van der Waals surface area contributed by atoms with Gasteiger partial charge in [-0.15, -0.1) is 0 Å². The van der Waals surface area contributed by atoms with Crippen molar-refractivity contribution in [3.63, 3.8) is 0 Å². The highest BCUT2D eigenvalue weighted by Crippen LogP contribution is 2.49. The van der Waals surface area contributed by atoms with Crippen LogP contribution in [0.15, 0.2) is 48.5 Å². The summed E-state index contributed by atoms with van der Waals surface area (Å²) in [6.45, 7) is 6.47. The molecule has 158 valence electrons. The molecular weight excluding hydrogens is 378 g/mol. The third kappa shape index (κ3) is 3.69. The van der Waals surface area contributed by atoms with Crippen LogP contribution in [0.2, 0.25) is 0 Å². The molecule has 30 heavy (non-hydrogen) atoms. The first kappa shape index (κ1) is 20.5. The summed E-state index contributed by atoms with van der Waals surface area (Å²) in [5.41, 5.74) is 3.86. The molecule has 2 aliphatic carbocycles. The van der Waals surface area contributed by atoms with Gasteiger partial charge in [0.2, 0.25) is 0 Å². The average molecular weight is 408 g/mol. The Morgan fingerprint density at radius 2 is 1.63 bits per heavy atom. The van der Waals surface area contributed by atoms with Crippen LogP contribution >= 0.6 is 0 Å². The number of fused-ring (bicyclic) bond motifs is 3. The molecule has 0 saturated heterocycles. The number of ether oxygens (including phenoxy) is 1. The number of carbonyl (C=O) groups is 2. The van der Waals surface area contributed by atoms with E-state index in [-0.39, 0.29) is 30.3 Å². The second-order valence-corrected chi connectivity index (χ2v) is 9.62. The number of carbonyl (C=O) groups excluding carboxylic acids is 1. The van der Waals surface area contributed by atoms with E-state index in [1.165, 1.54) is 11.1 Å². The molecule has 1 amide bonds. The Kier molecular flexibility index (Phi) is 5.08. The van der Waals surface area contributed by atoms with Crippen LogP contribution in [-0.2, 0) is 9.53 Å². The summed E-state index contributed by atoms with van der Waals surface area (Å²) in [7, 11) is 0. The molecule has 2 N–H and O–H groups in total. The zero-order chi connectivity index (χ0) is 21.5. The molecule has 2 aromatic carbocycles. The van der Waals surface area contributed by atoms with Gasteiger partial charge in [-0.05, 0) is 46.4 Å². The van der Waals surface area contributed by atoms with Crippen molar-refractivity contribution in [3.8, 4) is 11.1 Å². The van der Waals surface area contributed by atoms with Crippen LogP contribution in [0, 0.1) is 11.3 Å². The third-order valence-electron chi connectivity index (χ3n) is 6.76. The van der Waals surface area contributed by atoms with Crippen molar-refractivity contribution < 1.29 is 19.4 Å². The zero-order valence-electron chi connectivity index (χ0n) is 17.8. The Morgan fingerprint density at radius 3 is 2.13 bits per heavy atom. The number of rotatable bonds is 5. The van der Waals surface area contributed by atoms with Crippen molar-refractivity contribution in [2.45, 2.75) is 51.5 Å². The topological polar surface area (TPSA) is 75.6 Å². The predicted molar refractivity (Wildman–Crippen MR) is 115 cm³/mol. The lowest BCUT2D eigenvalue weighted by atomic mass is 9.83.